The van der Waals surface area contributed by atoms with Gasteiger partial charge in [-0.3, -0.25) is 0 Å². The number of rotatable bonds is 4. The lowest BCUT2D eigenvalue weighted by molar-refractivity contribution is 0.198. The van der Waals surface area contributed by atoms with Crippen LogP contribution in [0, 0.1) is 6.92 Å². The fourth-order valence-corrected chi connectivity index (χ4v) is 3.31. The maximum atomic E-state index is 11.5. The summed E-state index contributed by atoms with van der Waals surface area (Å²) in [6.07, 6.45) is -0.675. The number of aliphatic hydroxyl groups is 1. The summed E-state index contributed by atoms with van der Waals surface area (Å²) in [5.74, 6) is 0. The maximum Gasteiger partial charge on any atom is 0.250 e. The van der Waals surface area contributed by atoms with Crippen LogP contribution in [0.1, 0.15) is 11.8 Å². The van der Waals surface area contributed by atoms with E-state index in [1.807, 2.05) is 6.92 Å². The fraction of sp³-hybridized carbons (Fsp3) is 0.500. The zero-order chi connectivity index (χ0) is 10.8. The molecule has 14 heavy (non-hydrogen) atoms. The lowest BCUT2D eigenvalue weighted by atomic mass is 10.4. The van der Waals surface area contributed by atoms with Crippen molar-refractivity contribution in [2.75, 3.05) is 6.54 Å². The first kappa shape index (κ1) is 11.6. The van der Waals surface area contributed by atoms with Gasteiger partial charge in [-0.05, 0) is 26.0 Å². The van der Waals surface area contributed by atoms with E-state index < -0.39 is 16.1 Å². The van der Waals surface area contributed by atoms with Gasteiger partial charge >= 0.3 is 0 Å². The lowest BCUT2D eigenvalue weighted by Gasteiger charge is -2.05. The van der Waals surface area contributed by atoms with Gasteiger partial charge in [0, 0.05) is 11.4 Å². The molecule has 0 saturated carbocycles. The molecule has 80 valence electrons. The Morgan fingerprint density at radius 2 is 2.21 bits per heavy atom. The van der Waals surface area contributed by atoms with Crippen molar-refractivity contribution >= 4 is 21.4 Å². The van der Waals surface area contributed by atoms with Gasteiger partial charge in [0.05, 0.1) is 6.10 Å². The Morgan fingerprint density at radius 3 is 2.64 bits per heavy atom. The molecule has 1 aromatic rings. The molecular formula is C8H13NO3S2. The first-order valence-electron chi connectivity index (χ1n) is 4.16. The van der Waals surface area contributed by atoms with E-state index in [0.29, 0.717) is 0 Å². The summed E-state index contributed by atoms with van der Waals surface area (Å²) in [4.78, 5) is 0.947. The minimum Gasteiger partial charge on any atom is -0.392 e. The number of aryl methyl sites for hydroxylation is 1. The number of hydrogen-bond donors (Lipinski definition) is 2. The lowest BCUT2D eigenvalue weighted by Crippen LogP contribution is -2.30. The summed E-state index contributed by atoms with van der Waals surface area (Å²) in [5.41, 5.74) is 0. The van der Waals surface area contributed by atoms with Crippen LogP contribution in [0.4, 0.5) is 0 Å². The molecule has 4 nitrogen and oxygen atoms in total. The quantitative estimate of drug-likeness (QED) is 0.808. The second-order valence-electron chi connectivity index (χ2n) is 3.07. The molecule has 0 saturated heterocycles. The van der Waals surface area contributed by atoms with Crippen LogP contribution >= 0.6 is 11.3 Å². The summed E-state index contributed by atoms with van der Waals surface area (Å²) in [6.45, 7) is 3.42. The minimum absolute atomic E-state index is 0.0410. The molecule has 0 spiro atoms. The van der Waals surface area contributed by atoms with Crippen molar-refractivity contribution in [3.63, 3.8) is 0 Å². The largest absolute Gasteiger partial charge is 0.392 e. The van der Waals surface area contributed by atoms with Crippen molar-refractivity contribution < 1.29 is 13.5 Å². The topological polar surface area (TPSA) is 66.4 Å². The zero-order valence-corrected chi connectivity index (χ0v) is 9.65. The van der Waals surface area contributed by atoms with Gasteiger partial charge < -0.3 is 5.11 Å². The van der Waals surface area contributed by atoms with E-state index in [2.05, 4.69) is 4.72 Å². The van der Waals surface area contributed by atoms with Gasteiger partial charge in [-0.25, -0.2) is 13.1 Å². The molecule has 6 heteroatoms. The first-order valence-corrected chi connectivity index (χ1v) is 6.46. The van der Waals surface area contributed by atoms with Crippen molar-refractivity contribution in [1.29, 1.82) is 0 Å². The standard InChI is InChI=1S/C8H13NO3S2/c1-6(10)5-9-14(11,12)8-4-3-7(2)13-8/h3-4,6,9-10H,5H2,1-2H3. The Balaban J connectivity index is 2.76. The van der Waals surface area contributed by atoms with Crippen LogP contribution in [0.15, 0.2) is 16.3 Å². The highest BCUT2D eigenvalue weighted by Crippen LogP contribution is 2.19. The molecule has 0 fully saturated rings. The van der Waals surface area contributed by atoms with Crippen LogP contribution in [0.2, 0.25) is 0 Å². The summed E-state index contributed by atoms with van der Waals surface area (Å²) < 4.78 is 25.7. The molecule has 1 rings (SSSR count). The summed E-state index contributed by atoms with van der Waals surface area (Å²) >= 11 is 1.21. The Bertz CT molecular complexity index is 394. The van der Waals surface area contributed by atoms with E-state index in [-0.39, 0.29) is 10.8 Å². The molecule has 0 bridgehead atoms. The Labute approximate surface area is 87.6 Å². The van der Waals surface area contributed by atoms with E-state index in [9.17, 15) is 8.42 Å². The van der Waals surface area contributed by atoms with Gasteiger partial charge in [-0.15, -0.1) is 11.3 Å². The molecular weight excluding hydrogens is 222 g/mol. The SMILES string of the molecule is Cc1ccc(S(=O)(=O)NCC(C)O)s1. The van der Waals surface area contributed by atoms with Gasteiger partial charge in [0.25, 0.3) is 0 Å². The highest BCUT2D eigenvalue weighted by atomic mass is 32.2. The summed E-state index contributed by atoms with van der Waals surface area (Å²) in [5, 5.41) is 8.94. The maximum absolute atomic E-state index is 11.5. The Hall–Kier alpha value is -0.430. The van der Waals surface area contributed by atoms with Crippen molar-refractivity contribution in [3.05, 3.63) is 17.0 Å². The minimum atomic E-state index is -3.43. The van der Waals surface area contributed by atoms with Crippen LogP contribution in [0.3, 0.4) is 0 Å². The van der Waals surface area contributed by atoms with Crippen LogP contribution in [-0.4, -0.2) is 26.2 Å². The third-order valence-electron chi connectivity index (χ3n) is 1.55. The average Bonchev–Trinajstić information content (AvgIpc) is 2.49. The number of sulfonamides is 1. The fourth-order valence-electron chi connectivity index (χ4n) is 0.858. The number of hydrogen-bond acceptors (Lipinski definition) is 4. The summed E-state index contributed by atoms with van der Waals surface area (Å²) in [6, 6.07) is 3.31. The van der Waals surface area contributed by atoms with Crippen molar-refractivity contribution in [2.24, 2.45) is 0 Å². The first-order chi connectivity index (χ1) is 6.42. The monoisotopic (exact) mass is 235 g/mol. The van der Waals surface area contributed by atoms with Crippen LogP contribution in [-0.2, 0) is 10.0 Å². The molecule has 1 aromatic heterocycles. The van der Waals surface area contributed by atoms with Gasteiger partial charge in [0.1, 0.15) is 4.21 Å². The molecule has 0 radical (unpaired) electrons. The predicted octanol–water partition coefficient (Wildman–Crippen LogP) is 0.716. The van der Waals surface area contributed by atoms with Gasteiger partial charge in [0.2, 0.25) is 10.0 Å². The van der Waals surface area contributed by atoms with Gasteiger partial charge in [0.15, 0.2) is 0 Å². The third kappa shape index (κ3) is 3.06. The molecule has 2 N–H and O–H groups in total. The van der Waals surface area contributed by atoms with E-state index in [1.165, 1.54) is 18.3 Å². The van der Waals surface area contributed by atoms with E-state index in [0.717, 1.165) is 4.88 Å². The zero-order valence-electron chi connectivity index (χ0n) is 8.02. The molecule has 0 aromatic carbocycles. The Morgan fingerprint density at radius 1 is 1.57 bits per heavy atom. The van der Waals surface area contributed by atoms with Gasteiger partial charge in [-0.2, -0.15) is 0 Å². The van der Waals surface area contributed by atoms with Gasteiger partial charge in [-0.1, -0.05) is 0 Å². The predicted molar refractivity (Wildman–Crippen MR) is 55.9 cm³/mol. The van der Waals surface area contributed by atoms with Crippen LogP contribution in [0.5, 0.6) is 0 Å². The molecule has 1 atom stereocenters. The summed E-state index contributed by atoms with van der Waals surface area (Å²) in [7, 11) is -3.43. The Kier molecular flexibility index (Phi) is 3.65. The van der Waals surface area contributed by atoms with Crippen molar-refractivity contribution in [1.82, 2.24) is 4.72 Å². The molecule has 1 unspecified atom stereocenters. The normalized spacial score (nSPS) is 14.2. The molecule has 0 amide bonds. The number of aliphatic hydroxyl groups excluding tert-OH is 1. The van der Waals surface area contributed by atoms with E-state index >= 15 is 0 Å². The molecule has 1 heterocycles. The van der Waals surface area contributed by atoms with Crippen molar-refractivity contribution in [3.8, 4) is 0 Å². The molecule has 0 aliphatic rings. The third-order valence-corrected chi connectivity index (χ3v) is 4.47. The molecule has 0 aliphatic carbocycles. The van der Waals surface area contributed by atoms with E-state index in [4.69, 9.17) is 5.11 Å². The van der Waals surface area contributed by atoms with E-state index in [1.54, 1.807) is 12.1 Å². The molecule has 0 aliphatic heterocycles. The second kappa shape index (κ2) is 4.39. The highest BCUT2D eigenvalue weighted by molar-refractivity contribution is 7.91. The van der Waals surface area contributed by atoms with Crippen molar-refractivity contribution in [2.45, 2.75) is 24.2 Å². The number of thiophene rings is 1. The van der Waals surface area contributed by atoms with Crippen LogP contribution in [0.25, 0.3) is 0 Å². The van der Waals surface area contributed by atoms with Crippen LogP contribution < -0.4 is 4.72 Å². The number of nitrogens with one attached hydrogen (secondary N) is 1. The second-order valence-corrected chi connectivity index (χ2v) is 6.35. The average molecular weight is 235 g/mol. The smallest absolute Gasteiger partial charge is 0.250 e. The highest BCUT2D eigenvalue weighted by Gasteiger charge is 2.15.